The molecule has 0 rings (SSSR count). The van der Waals surface area contributed by atoms with E-state index < -0.39 is 5.97 Å². The van der Waals surface area contributed by atoms with Gasteiger partial charge in [0.05, 0.1) is 13.7 Å². The van der Waals surface area contributed by atoms with Crippen LogP contribution in [0, 0.1) is 0 Å². The number of hydrogen-bond acceptors (Lipinski definition) is 4. The second-order valence-electron chi connectivity index (χ2n) is 2.00. The third-order valence-electron chi connectivity index (χ3n) is 1.05. The summed E-state index contributed by atoms with van der Waals surface area (Å²) in [4.78, 5) is 10.6. The molecular weight excluding hydrogens is 146 g/mol. The van der Waals surface area contributed by atoms with Crippen molar-refractivity contribution in [3.8, 4) is 0 Å². The molecule has 0 aliphatic rings. The summed E-state index contributed by atoms with van der Waals surface area (Å²) in [5, 5.41) is 11.2. The van der Waals surface area contributed by atoms with E-state index in [2.05, 4.69) is 10.1 Å². The molecule has 0 saturated carbocycles. The summed E-state index contributed by atoms with van der Waals surface area (Å²) < 4.78 is 4.38. The zero-order valence-corrected chi connectivity index (χ0v) is 6.76. The maximum atomic E-state index is 10.6. The van der Waals surface area contributed by atoms with Gasteiger partial charge in [-0.1, -0.05) is 0 Å². The van der Waals surface area contributed by atoms with Crippen molar-refractivity contribution in [2.75, 3.05) is 20.3 Å². The number of aliphatic hydroxyl groups is 1. The molecule has 0 aromatic carbocycles. The summed E-state index contributed by atoms with van der Waals surface area (Å²) in [6.45, 7) is 2.22. The van der Waals surface area contributed by atoms with Crippen molar-refractivity contribution in [1.82, 2.24) is 5.32 Å². The SMILES string of the molecule is COC(=O)/C=C(\C)NCCO. The fraction of sp³-hybridized carbons (Fsp3) is 0.571. The van der Waals surface area contributed by atoms with Gasteiger partial charge in [0.1, 0.15) is 0 Å². The molecule has 4 heteroatoms. The van der Waals surface area contributed by atoms with Crippen LogP contribution < -0.4 is 5.32 Å². The van der Waals surface area contributed by atoms with Crippen LogP contribution in [0.3, 0.4) is 0 Å². The van der Waals surface area contributed by atoms with Crippen LogP contribution in [-0.2, 0) is 9.53 Å². The predicted octanol–water partition coefficient (Wildman–Crippen LogP) is -0.355. The van der Waals surface area contributed by atoms with Crippen molar-refractivity contribution in [2.45, 2.75) is 6.92 Å². The smallest absolute Gasteiger partial charge is 0.332 e. The van der Waals surface area contributed by atoms with Gasteiger partial charge >= 0.3 is 5.97 Å². The maximum Gasteiger partial charge on any atom is 0.332 e. The van der Waals surface area contributed by atoms with E-state index in [1.54, 1.807) is 6.92 Å². The number of esters is 1. The van der Waals surface area contributed by atoms with Crippen LogP contribution in [0.2, 0.25) is 0 Å². The zero-order valence-electron chi connectivity index (χ0n) is 6.76. The molecule has 0 radical (unpaired) electrons. The van der Waals surface area contributed by atoms with Gasteiger partial charge in [-0.3, -0.25) is 0 Å². The van der Waals surface area contributed by atoms with E-state index in [1.165, 1.54) is 13.2 Å². The molecule has 0 atom stereocenters. The molecule has 64 valence electrons. The highest BCUT2D eigenvalue weighted by atomic mass is 16.5. The minimum atomic E-state index is -0.395. The zero-order chi connectivity index (χ0) is 8.69. The standard InChI is InChI=1S/C7H13NO3/c1-6(8-3-4-9)5-7(10)11-2/h5,8-9H,3-4H2,1-2H3/b6-5+. The van der Waals surface area contributed by atoms with Crippen LogP contribution >= 0.6 is 0 Å². The Kier molecular flexibility index (Phi) is 5.20. The molecule has 0 aliphatic carbocycles. The number of nitrogens with one attached hydrogen (secondary N) is 1. The summed E-state index contributed by atoms with van der Waals surface area (Å²) >= 11 is 0. The largest absolute Gasteiger partial charge is 0.466 e. The summed E-state index contributed by atoms with van der Waals surface area (Å²) in [6.07, 6.45) is 1.33. The highest BCUT2D eigenvalue weighted by molar-refractivity contribution is 5.82. The lowest BCUT2D eigenvalue weighted by atomic mass is 10.4. The third kappa shape index (κ3) is 5.42. The van der Waals surface area contributed by atoms with Gasteiger partial charge in [0.25, 0.3) is 0 Å². The normalized spacial score (nSPS) is 11.0. The maximum absolute atomic E-state index is 10.6. The van der Waals surface area contributed by atoms with Crippen molar-refractivity contribution < 1.29 is 14.6 Å². The number of hydrogen-bond donors (Lipinski definition) is 2. The molecule has 0 aliphatic heterocycles. The molecule has 0 aromatic rings. The van der Waals surface area contributed by atoms with Gasteiger partial charge in [0.2, 0.25) is 0 Å². The van der Waals surface area contributed by atoms with Crippen molar-refractivity contribution in [1.29, 1.82) is 0 Å². The first-order valence-corrected chi connectivity index (χ1v) is 3.31. The molecular formula is C7H13NO3. The Hall–Kier alpha value is -1.03. The number of methoxy groups -OCH3 is 1. The Bertz CT molecular complexity index is 154. The predicted molar refractivity (Wildman–Crippen MR) is 40.9 cm³/mol. The van der Waals surface area contributed by atoms with E-state index in [-0.39, 0.29) is 6.61 Å². The first-order chi connectivity index (χ1) is 5.20. The van der Waals surface area contributed by atoms with Crippen LogP contribution in [-0.4, -0.2) is 31.3 Å². The van der Waals surface area contributed by atoms with Gasteiger partial charge in [0, 0.05) is 18.3 Å². The molecule has 0 unspecified atom stereocenters. The van der Waals surface area contributed by atoms with Crippen molar-refractivity contribution >= 4 is 5.97 Å². The quantitative estimate of drug-likeness (QED) is 0.434. The number of ether oxygens (including phenoxy) is 1. The molecule has 0 bridgehead atoms. The lowest BCUT2D eigenvalue weighted by Crippen LogP contribution is -2.16. The summed E-state index contributed by atoms with van der Waals surface area (Å²) in [6, 6.07) is 0. The van der Waals surface area contributed by atoms with Crippen LogP contribution in [0.1, 0.15) is 6.92 Å². The Balaban J connectivity index is 3.70. The minimum absolute atomic E-state index is 0.0480. The van der Waals surface area contributed by atoms with E-state index >= 15 is 0 Å². The Morgan fingerprint density at radius 1 is 1.73 bits per heavy atom. The van der Waals surface area contributed by atoms with Crippen LogP contribution in [0.25, 0.3) is 0 Å². The average molecular weight is 159 g/mol. The Morgan fingerprint density at radius 3 is 2.82 bits per heavy atom. The number of carbonyl (C=O) groups is 1. The fourth-order valence-electron chi connectivity index (χ4n) is 0.540. The van der Waals surface area contributed by atoms with Crippen molar-refractivity contribution in [2.24, 2.45) is 0 Å². The molecule has 4 nitrogen and oxygen atoms in total. The van der Waals surface area contributed by atoms with E-state index in [0.717, 1.165) is 0 Å². The minimum Gasteiger partial charge on any atom is -0.466 e. The van der Waals surface area contributed by atoms with Gasteiger partial charge < -0.3 is 15.2 Å². The monoisotopic (exact) mass is 159 g/mol. The average Bonchev–Trinajstić information content (AvgIpc) is 2.00. The van der Waals surface area contributed by atoms with E-state index in [0.29, 0.717) is 12.2 Å². The Morgan fingerprint density at radius 2 is 2.36 bits per heavy atom. The number of rotatable bonds is 4. The van der Waals surface area contributed by atoms with Gasteiger partial charge in [-0.2, -0.15) is 0 Å². The summed E-state index contributed by atoms with van der Waals surface area (Å²) in [5.74, 6) is -0.395. The highest BCUT2D eigenvalue weighted by Crippen LogP contribution is 1.86. The molecule has 0 saturated heterocycles. The van der Waals surface area contributed by atoms with Gasteiger partial charge in [-0.25, -0.2) is 4.79 Å². The third-order valence-corrected chi connectivity index (χ3v) is 1.05. The molecule has 0 amide bonds. The van der Waals surface area contributed by atoms with Crippen molar-refractivity contribution in [3.05, 3.63) is 11.8 Å². The second kappa shape index (κ2) is 5.73. The molecule has 0 heterocycles. The number of allylic oxidation sites excluding steroid dienone is 1. The van der Waals surface area contributed by atoms with Crippen molar-refractivity contribution in [3.63, 3.8) is 0 Å². The summed E-state index contributed by atoms with van der Waals surface area (Å²) in [7, 11) is 1.32. The van der Waals surface area contributed by atoms with E-state index in [1.807, 2.05) is 0 Å². The molecule has 0 spiro atoms. The van der Waals surface area contributed by atoms with Crippen LogP contribution in [0.5, 0.6) is 0 Å². The van der Waals surface area contributed by atoms with Gasteiger partial charge in [-0.05, 0) is 6.92 Å². The molecule has 0 aromatic heterocycles. The van der Waals surface area contributed by atoms with Gasteiger partial charge in [-0.15, -0.1) is 0 Å². The first kappa shape index (κ1) is 9.97. The second-order valence-corrected chi connectivity index (χ2v) is 2.00. The van der Waals surface area contributed by atoms with E-state index in [9.17, 15) is 4.79 Å². The highest BCUT2D eigenvalue weighted by Gasteiger charge is 1.94. The number of aliphatic hydroxyl groups excluding tert-OH is 1. The first-order valence-electron chi connectivity index (χ1n) is 3.31. The number of carbonyl (C=O) groups excluding carboxylic acids is 1. The lowest BCUT2D eigenvalue weighted by molar-refractivity contribution is -0.134. The molecule has 11 heavy (non-hydrogen) atoms. The molecule has 0 fully saturated rings. The lowest BCUT2D eigenvalue weighted by Gasteiger charge is -2.02. The molecule has 2 N–H and O–H groups in total. The van der Waals surface area contributed by atoms with Crippen LogP contribution in [0.15, 0.2) is 11.8 Å². The van der Waals surface area contributed by atoms with Gasteiger partial charge in [0.15, 0.2) is 0 Å². The fourth-order valence-corrected chi connectivity index (χ4v) is 0.540. The Labute approximate surface area is 65.9 Å². The topological polar surface area (TPSA) is 58.6 Å². The van der Waals surface area contributed by atoms with Crippen LogP contribution in [0.4, 0.5) is 0 Å². The summed E-state index contributed by atoms with van der Waals surface area (Å²) in [5.41, 5.74) is 0.686. The van der Waals surface area contributed by atoms with E-state index in [4.69, 9.17) is 5.11 Å².